The second-order valence-corrected chi connectivity index (χ2v) is 5.77. The SMILES string of the molecule is CC(C)(C)OC(=O)N1c2ccc(C(=O)O)cc2CC1N. The molecule has 1 unspecified atom stereocenters. The Kier molecular flexibility index (Phi) is 3.43. The summed E-state index contributed by atoms with van der Waals surface area (Å²) in [5.74, 6) is -1.00. The summed E-state index contributed by atoms with van der Waals surface area (Å²) in [6.45, 7) is 5.34. The van der Waals surface area contributed by atoms with Gasteiger partial charge in [-0.2, -0.15) is 0 Å². The average Bonchev–Trinajstić information content (AvgIpc) is 2.61. The van der Waals surface area contributed by atoms with Gasteiger partial charge in [-0.3, -0.25) is 4.90 Å². The number of benzene rings is 1. The third-order valence-electron chi connectivity index (χ3n) is 2.94. The van der Waals surface area contributed by atoms with E-state index in [1.165, 1.54) is 11.0 Å². The van der Waals surface area contributed by atoms with E-state index in [9.17, 15) is 9.59 Å². The Morgan fingerprint density at radius 1 is 1.40 bits per heavy atom. The van der Waals surface area contributed by atoms with Gasteiger partial charge in [-0.25, -0.2) is 9.59 Å². The number of carbonyl (C=O) groups is 2. The number of nitrogens with two attached hydrogens (primary N) is 1. The van der Waals surface area contributed by atoms with E-state index in [0.717, 1.165) is 5.56 Å². The molecule has 3 N–H and O–H groups in total. The average molecular weight is 278 g/mol. The van der Waals surface area contributed by atoms with Crippen LogP contribution in [0.15, 0.2) is 18.2 Å². The Morgan fingerprint density at radius 3 is 2.60 bits per heavy atom. The Hall–Kier alpha value is -2.08. The maximum atomic E-state index is 12.2. The zero-order chi connectivity index (χ0) is 15.1. The lowest BCUT2D eigenvalue weighted by Crippen LogP contribution is -2.46. The molecule has 6 heteroatoms. The number of hydrogen-bond acceptors (Lipinski definition) is 4. The zero-order valence-corrected chi connectivity index (χ0v) is 11.7. The summed E-state index contributed by atoms with van der Waals surface area (Å²) in [6, 6.07) is 4.59. The van der Waals surface area contributed by atoms with Gasteiger partial charge in [0.15, 0.2) is 0 Å². The summed E-state index contributed by atoms with van der Waals surface area (Å²) < 4.78 is 5.32. The summed E-state index contributed by atoms with van der Waals surface area (Å²) >= 11 is 0. The Bertz CT molecular complexity index is 563. The van der Waals surface area contributed by atoms with Gasteiger partial charge in [0.05, 0.1) is 17.4 Å². The minimum Gasteiger partial charge on any atom is -0.478 e. The molecule has 1 amide bonds. The largest absolute Gasteiger partial charge is 0.478 e. The highest BCUT2D eigenvalue weighted by Crippen LogP contribution is 2.32. The monoisotopic (exact) mass is 278 g/mol. The molecule has 0 spiro atoms. The quantitative estimate of drug-likeness (QED) is 0.819. The lowest BCUT2D eigenvalue weighted by Gasteiger charge is -2.27. The van der Waals surface area contributed by atoms with E-state index in [1.807, 2.05) is 0 Å². The van der Waals surface area contributed by atoms with Gasteiger partial charge in [0.25, 0.3) is 0 Å². The van der Waals surface area contributed by atoms with Crippen LogP contribution >= 0.6 is 0 Å². The van der Waals surface area contributed by atoms with Crippen LogP contribution in [0, 0.1) is 0 Å². The number of carboxylic acid groups (broad SMARTS) is 1. The second-order valence-electron chi connectivity index (χ2n) is 5.77. The topological polar surface area (TPSA) is 92.9 Å². The first-order chi connectivity index (χ1) is 9.19. The van der Waals surface area contributed by atoms with Crippen molar-refractivity contribution in [3.05, 3.63) is 29.3 Å². The van der Waals surface area contributed by atoms with Gasteiger partial charge in [-0.1, -0.05) is 0 Å². The molecule has 0 saturated carbocycles. The second kappa shape index (κ2) is 4.79. The molecule has 108 valence electrons. The molecule has 1 aliphatic heterocycles. The Balaban J connectivity index is 2.31. The summed E-state index contributed by atoms with van der Waals surface area (Å²) in [4.78, 5) is 24.5. The van der Waals surface area contributed by atoms with E-state index in [4.69, 9.17) is 15.6 Å². The number of ether oxygens (including phenoxy) is 1. The maximum Gasteiger partial charge on any atom is 0.416 e. The standard InChI is InChI=1S/C14H18N2O4/c1-14(2,3)20-13(19)16-10-5-4-8(12(17)18)6-9(10)7-11(16)15/h4-6,11H,7,15H2,1-3H3,(H,17,18). The molecule has 1 aromatic carbocycles. The van der Waals surface area contributed by atoms with Crippen molar-refractivity contribution < 1.29 is 19.4 Å². The summed E-state index contributed by atoms with van der Waals surface area (Å²) in [6.07, 6.45) is -0.647. The molecule has 0 fully saturated rings. The van der Waals surface area contributed by atoms with Crippen molar-refractivity contribution in [3.8, 4) is 0 Å². The van der Waals surface area contributed by atoms with Crippen LogP contribution < -0.4 is 10.6 Å². The molecule has 2 rings (SSSR count). The number of amides is 1. The summed E-state index contributed by atoms with van der Waals surface area (Å²) in [7, 11) is 0. The van der Waals surface area contributed by atoms with E-state index in [1.54, 1.807) is 32.9 Å². The van der Waals surface area contributed by atoms with Crippen LogP contribution in [0.25, 0.3) is 0 Å². The van der Waals surface area contributed by atoms with E-state index < -0.39 is 23.8 Å². The fourth-order valence-electron chi connectivity index (χ4n) is 2.16. The van der Waals surface area contributed by atoms with Crippen LogP contribution in [0.1, 0.15) is 36.7 Å². The molecular formula is C14H18N2O4. The molecule has 20 heavy (non-hydrogen) atoms. The van der Waals surface area contributed by atoms with Crippen LogP contribution in [0.5, 0.6) is 0 Å². The number of aromatic carboxylic acids is 1. The molecule has 1 atom stereocenters. The van der Waals surface area contributed by atoms with Crippen molar-refractivity contribution in [2.45, 2.75) is 39.0 Å². The van der Waals surface area contributed by atoms with Crippen LogP contribution in [0.2, 0.25) is 0 Å². The number of carboxylic acids is 1. The number of fused-ring (bicyclic) bond motifs is 1. The minimum absolute atomic E-state index is 0.182. The molecule has 0 radical (unpaired) electrons. The maximum absolute atomic E-state index is 12.2. The zero-order valence-electron chi connectivity index (χ0n) is 11.7. The van der Waals surface area contributed by atoms with Gasteiger partial charge < -0.3 is 15.6 Å². The Morgan fingerprint density at radius 2 is 2.05 bits per heavy atom. The van der Waals surface area contributed by atoms with Gasteiger partial charge in [0.2, 0.25) is 0 Å². The number of hydrogen-bond donors (Lipinski definition) is 2. The van der Waals surface area contributed by atoms with Crippen LogP contribution in [0.4, 0.5) is 10.5 Å². The van der Waals surface area contributed by atoms with Gasteiger partial charge in [0.1, 0.15) is 5.60 Å². The molecule has 1 aromatic rings. The van der Waals surface area contributed by atoms with Crippen LogP contribution in [-0.4, -0.2) is 28.9 Å². The van der Waals surface area contributed by atoms with E-state index >= 15 is 0 Å². The van der Waals surface area contributed by atoms with Crippen molar-refractivity contribution in [2.24, 2.45) is 5.73 Å². The van der Waals surface area contributed by atoms with Crippen LogP contribution in [-0.2, 0) is 11.2 Å². The van der Waals surface area contributed by atoms with Crippen LogP contribution in [0.3, 0.4) is 0 Å². The first-order valence-corrected chi connectivity index (χ1v) is 6.33. The first kappa shape index (κ1) is 14.3. The summed E-state index contributed by atoms with van der Waals surface area (Å²) in [5.41, 5.74) is 6.87. The molecule has 1 aliphatic rings. The van der Waals surface area contributed by atoms with Crippen molar-refractivity contribution in [1.29, 1.82) is 0 Å². The van der Waals surface area contributed by atoms with Gasteiger partial charge in [0, 0.05) is 6.42 Å². The molecule has 6 nitrogen and oxygen atoms in total. The first-order valence-electron chi connectivity index (χ1n) is 6.33. The number of nitrogens with zero attached hydrogens (tertiary/aromatic N) is 1. The number of carbonyl (C=O) groups excluding carboxylic acids is 1. The number of anilines is 1. The third-order valence-corrected chi connectivity index (χ3v) is 2.94. The van der Waals surface area contributed by atoms with E-state index in [2.05, 4.69) is 0 Å². The van der Waals surface area contributed by atoms with E-state index in [-0.39, 0.29) is 5.56 Å². The smallest absolute Gasteiger partial charge is 0.416 e. The minimum atomic E-state index is -1.00. The molecule has 1 heterocycles. The lowest BCUT2D eigenvalue weighted by atomic mass is 10.1. The van der Waals surface area contributed by atoms with Crippen molar-refractivity contribution >= 4 is 17.7 Å². The third kappa shape index (κ3) is 2.75. The highest BCUT2D eigenvalue weighted by atomic mass is 16.6. The van der Waals surface area contributed by atoms with Crippen molar-refractivity contribution in [3.63, 3.8) is 0 Å². The molecular weight excluding hydrogens is 260 g/mol. The predicted molar refractivity (Wildman–Crippen MR) is 73.8 cm³/mol. The Labute approximate surface area is 117 Å². The van der Waals surface area contributed by atoms with Gasteiger partial charge >= 0.3 is 12.1 Å². The normalized spacial score (nSPS) is 17.8. The predicted octanol–water partition coefficient (Wildman–Crippen LogP) is 1.97. The number of rotatable bonds is 1. The van der Waals surface area contributed by atoms with Crippen molar-refractivity contribution in [2.75, 3.05) is 4.90 Å². The molecule has 0 aromatic heterocycles. The van der Waals surface area contributed by atoms with Gasteiger partial charge in [-0.15, -0.1) is 0 Å². The highest BCUT2D eigenvalue weighted by molar-refractivity contribution is 5.94. The summed E-state index contributed by atoms with van der Waals surface area (Å²) in [5, 5.41) is 8.97. The van der Waals surface area contributed by atoms with Gasteiger partial charge in [-0.05, 0) is 44.5 Å². The fraction of sp³-hybridized carbons (Fsp3) is 0.429. The highest BCUT2D eigenvalue weighted by Gasteiger charge is 2.34. The lowest BCUT2D eigenvalue weighted by molar-refractivity contribution is 0.0570. The molecule has 0 saturated heterocycles. The van der Waals surface area contributed by atoms with E-state index in [0.29, 0.717) is 12.1 Å². The molecule has 0 aliphatic carbocycles. The fourth-order valence-corrected chi connectivity index (χ4v) is 2.16. The van der Waals surface area contributed by atoms with Crippen molar-refractivity contribution in [1.82, 2.24) is 0 Å². The molecule has 0 bridgehead atoms.